The predicted molar refractivity (Wildman–Crippen MR) is 66.3 cm³/mol. The van der Waals surface area contributed by atoms with Crippen molar-refractivity contribution in [3.8, 4) is 0 Å². The number of amides is 2. The number of primary amides is 1. The Morgan fingerprint density at radius 3 is 2.24 bits per heavy atom. The average Bonchev–Trinajstić information content (AvgIpc) is 2.26. The Bertz CT molecular complexity index is 268. The molecule has 0 saturated heterocycles. The van der Waals surface area contributed by atoms with Gasteiger partial charge in [-0.05, 0) is 5.92 Å². The van der Waals surface area contributed by atoms with E-state index >= 15 is 0 Å². The number of methoxy groups -OCH3 is 1. The molecule has 5 nitrogen and oxygen atoms in total. The van der Waals surface area contributed by atoms with Gasteiger partial charge in [-0.1, -0.05) is 20.3 Å². The van der Waals surface area contributed by atoms with Crippen molar-refractivity contribution in [2.24, 2.45) is 11.7 Å². The van der Waals surface area contributed by atoms with Crippen LogP contribution in [-0.4, -0.2) is 43.0 Å². The summed E-state index contributed by atoms with van der Waals surface area (Å²) < 4.78 is 5.32. The molecule has 0 aliphatic rings. The Hall–Kier alpha value is -1.10. The monoisotopic (exact) mass is 244 g/mol. The van der Waals surface area contributed by atoms with Crippen LogP contribution in [0.25, 0.3) is 0 Å². The molecular weight excluding hydrogens is 220 g/mol. The van der Waals surface area contributed by atoms with Crippen LogP contribution in [0.2, 0.25) is 0 Å². The molecule has 0 aromatic carbocycles. The fourth-order valence-electron chi connectivity index (χ4n) is 1.99. The van der Waals surface area contributed by atoms with E-state index in [9.17, 15) is 9.59 Å². The third-order valence-corrected chi connectivity index (χ3v) is 3.26. The summed E-state index contributed by atoms with van der Waals surface area (Å²) in [6.07, 6.45) is 0.681. The van der Waals surface area contributed by atoms with Crippen molar-refractivity contribution >= 4 is 11.8 Å². The quantitative estimate of drug-likeness (QED) is 0.719. The number of rotatable bonds is 7. The summed E-state index contributed by atoms with van der Waals surface area (Å²) >= 11 is 0. The highest BCUT2D eigenvalue weighted by Crippen LogP contribution is 2.21. The van der Waals surface area contributed by atoms with E-state index < -0.39 is 5.91 Å². The van der Waals surface area contributed by atoms with Gasteiger partial charge in [-0.3, -0.25) is 9.59 Å². The fraction of sp³-hybridized carbons (Fsp3) is 0.833. The van der Waals surface area contributed by atoms with Crippen molar-refractivity contribution in [1.29, 1.82) is 0 Å². The van der Waals surface area contributed by atoms with Gasteiger partial charge in [0, 0.05) is 21.1 Å². The van der Waals surface area contributed by atoms with Gasteiger partial charge in [0.2, 0.25) is 11.8 Å². The second kappa shape index (κ2) is 7.27. The van der Waals surface area contributed by atoms with E-state index in [2.05, 4.69) is 0 Å². The first-order valence-corrected chi connectivity index (χ1v) is 5.89. The molecule has 3 atom stereocenters. The third kappa shape index (κ3) is 4.73. The van der Waals surface area contributed by atoms with Crippen molar-refractivity contribution in [3.63, 3.8) is 0 Å². The minimum atomic E-state index is -0.415. The third-order valence-electron chi connectivity index (χ3n) is 3.26. The molecule has 0 spiro atoms. The summed E-state index contributed by atoms with van der Waals surface area (Å²) in [7, 11) is 3.27. The number of nitrogens with two attached hydrogens (primary N) is 1. The number of likely N-dealkylation sites (N-methyl/N-ethyl adjacent to an activating group) is 1. The minimum absolute atomic E-state index is 0.0400. The maximum Gasteiger partial charge on any atom is 0.220 e. The average molecular weight is 244 g/mol. The first-order valence-electron chi connectivity index (χ1n) is 5.89. The Balaban J connectivity index is 4.98. The highest BCUT2D eigenvalue weighted by molar-refractivity contribution is 5.75. The standard InChI is InChI=1S/C12H24N2O3/c1-6-8(2)12(14(4)9(3)15)10(17-5)7-11(13)16/h8,10,12H,6-7H2,1-5H3,(H2,13,16)/t8-,10+,12-/m0/s1. The number of carbonyl (C=O) groups excluding carboxylic acids is 2. The lowest BCUT2D eigenvalue weighted by atomic mass is 9.91. The highest BCUT2D eigenvalue weighted by Gasteiger charge is 2.32. The fourth-order valence-corrected chi connectivity index (χ4v) is 1.99. The molecule has 0 rings (SSSR count). The summed E-state index contributed by atoms with van der Waals surface area (Å²) in [6, 6.07) is -0.130. The van der Waals surface area contributed by atoms with E-state index in [0.717, 1.165) is 6.42 Å². The zero-order valence-electron chi connectivity index (χ0n) is 11.4. The van der Waals surface area contributed by atoms with Crippen LogP contribution in [0.5, 0.6) is 0 Å². The molecule has 2 amide bonds. The van der Waals surface area contributed by atoms with Crippen LogP contribution >= 0.6 is 0 Å². The topological polar surface area (TPSA) is 72.6 Å². The molecule has 0 fully saturated rings. The lowest BCUT2D eigenvalue weighted by Crippen LogP contribution is -2.49. The molecule has 0 aliphatic heterocycles. The molecule has 0 heterocycles. The van der Waals surface area contributed by atoms with E-state index in [1.165, 1.54) is 14.0 Å². The highest BCUT2D eigenvalue weighted by atomic mass is 16.5. The second-order valence-electron chi connectivity index (χ2n) is 4.45. The van der Waals surface area contributed by atoms with Crippen molar-refractivity contribution in [2.75, 3.05) is 14.2 Å². The van der Waals surface area contributed by atoms with Gasteiger partial charge in [-0.25, -0.2) is 0 Å². The number of nitrogens with zero attached hydrogens (tertiary/aromatic N) is 1. The lowest BCUT2D eigenvalue weighted by molar-refractivity contribution is -0.136. The Morgan fingerprint density at radius 1 is 1.41 bits per heavy atom. The van der Waals surface area contributed by atoms with Gasteiger partial charge < -0.3 is 15.4 Å². The van der Waals surface area contributed by atoms with Crippen LogP contribution in [0.1, 0.15) is 33.6 Å². The van der Waals surface area contributed by atoms with Crippen LogP contribution in [0, 0.1) is 5.92 Å². The van der Waals surface area contributed by atoms with Gasteiger partial charge in [0.1, 0.15) is 0 Å². The van der Waals surface area contributed by atoms with E-state index in [1.54, 1.807) is 11.9 Å². The first-order chi connectivity index (χ1) is 7.84. The van der Waals surface area contributed by atoms with E-state index in [1.807, 2.05) is 13.8 Å². The smallest absolute Gasteiger partial charge is 0.220 e. The molecule has 5 heteroatoms. The molecule has 0 bridgehead atoms. The van der Waals surface area contributed by atoms with Crippen molar-refractivity contribution in [1.82, 2.24) is 4.90 Å². The summed E-state index contributed by atoms with van der Waals surface area (Å²) in [5, 5.41) is 0. The van der Waals surface area contributed by atoms with Gasteiger partial charge in [0.05, 0.1) is 18.6 Å². The number of ether oxygens (including phenoxy) is 1. The summed E-state index contributed by atoms with van der Waals surface area (Å²) in [5.41, 5.74) is 5.20. The van der Waals surface area contributed by atoms with E-state index in [0.29, 0.717) is 0 Å². The van der Waals surface area contributed by atoms with Crippen molar-refractivity contribution < 1.29 is 14.3 Å². The molecule has 2 N–H and O–H groups in total. The second-order valence-corrected chi connectivity index (χ2v) is 4.45. The Labute approximate surface area is 103 Å². The lowest BCUT2D eigenvalue weighted by Gasteiger charge is -2.36. The molecule has 0 aliphatic carbocycles. The van der Waals surface area contributed by atoms with Gasteiger partial charge >= 0.3 is 0 Å². The molecule has 0 aromatic heterocycles. The summed E-state index contributed by atoms with van der Waals surface area (Å²) in [6.45, 7) is 5.59. The van der Waals surface area contributed by atoms with Gasteiger partial charge in [-0.15, -0.1) is 0 Å². The molecule has 0 radical (unpaired) electrons. The van der Waals surface area contributed by atoms with Gasteiger partial charge in [0.25, 0.3) is 0 Å². The number of hydrogen-bond acceptors (Lipinski definition) is 3. The van der Waals surface area contributed by atoms with Crippen molar-refractivity contribution in [2.45, 2.75) is 45.8 Å². The van der Waals surface area contributed by atoms with Crippen LogP contribution in [-0.2, 0) is 14.3 Å². The zero-order chi connectivity index (χ0) is 13.6. The van der Waals surface area contributed by atoms with E-state index in [4.69, 9.17) is 10.5 Å². The Morgan fingerprint density at radius 2 is 1.94 bits per heavy atom. The largest absolute Gasteiger partial charge is 0.379 e. The molecule has 17 heavy (non-hydrogen) atoms. The van der Waals surface area contributed by atoms with Crippen LogP contribution < -0.4 is 5.73 Å². The number of carbonyl (C=O) groups is 2. The van der Waals surface area contributed by atoms with Gasteiger partial charge in [-0.2, -0.15) is 0 Å². The summed E-state index contributed by atoms with van der Waals surface area (Å²) in [4.78, 5) is 24.1. The zero-order valence-corrected chi connectivity index (χ0v) is 11.4. The maximum absolute atomic E-state index is 11.5. The normalized spacial score (nSPS) is 16.1. The van der Waals surface area contributed by atoms with E-state index in [-0.39, 0.29) is 30.4 Å². The van der Waals surface area contributed by atoms with Crippen LogP contribution in [0.4, 0.5) is 0 Å². The maximum atomic E-state index is 11.5. The minimum Gasteiger partial charge on any atom is -0.379 e. The number of hydrogen-bond donors (Lipinski definition) is 1. The van der Waals surface area contributed by atoms with Crippen molar-refractivity contribution in [3.05, 3.63) is 0 Å². The van der Waals surface area contributed by atoms with Gasteiger partial charge in [0.15, 0.2) is 0 Å². The molecular formula is C12H24N2O3. The Kier molecular flexibility index (Phi) is 6.80. The SMILES string of the molecule is CC[C@H](C)[C@@H]([C@@H](CC(N)=O)OC)N(C)C(C)=O. The molecule has 0 unspecified atom stereocenters. The van der Waals surface area contributed by atoms with Crippen LogP contribution in [0.3, 0.4) is 0 Å². The summed E-state index contributed by atoms with van der Waals surface area (Å²) in [5.74, 6) is -0.211. The molecule has 0 saturated carbocycles. The first kappa shape index (κ1) is 15.9. The predicted octanol–water partition coefficient (Wildman–Crippen LogP) is 0.770. The molecule has 0 aromatic rings. The van der Waals surface area contributed by atoms with Crippen LogP contribution in [0.15, 0.2) is 0 Å². The molecule has 100 valence electrons.